The van der Waals surface area contributed by atoms with Crippen LogP contribution in [0.15, 0.2) is 12.5 Å². The van der Waals surface area contributed by atoms with Gasteiger partial charge in [0.1, 0.15) is 0 Å². The van der Waals surface area contributed by atoms with Gasteiger partial charge in [-0.05, 0) is 36.5 Å². The molecular weight excluding hydrogens is 172 g/mol. The van der Waals surface area contributed by atoms with E-state index in [9.17, 15) is 0 Å². The normalized spacial score (nSPS) is 39.1. The fourth-order valence-corrected chi connectivity index (χ4v) is 3.65. The van der Waals surface area contributed by atoms with E-state index < -0.39 is 0 Å². The van der Waals surface area contributed by atoms with Crippen molar-refractivity contribution in [2.24, 2.45) is 17.3 Å². The van der Waals surface area contributed by atoms with Crippen molar-refractivity contribution in [1.29, 1.82) is 0 Å². The Labute approximate surface area is 85.1 Å². The molecule has 0 radical (unpaired) electrons. The zero-order chi connectivity index (χ0) is 9.76. The highest BCUT2D eigenvalue weighted by atomic mass is 14.9. The van der Waals surface area contributed by atoms with E-state index in [1.54, 1.807) is 0 Å². The van der Waals surface area contributed by atoms with Gasteiger partial charge in [-0.15, -0.1) is 0 Å². The van der Waals surface area contributed by atoms with Gasteiger partial charge >= 0.3 is 0 Å². The molecule has 3 fully saturated rings. The Hall–Kier alpha value is -0.790. The molecule has 3 aliphatic carbocycles. The van der Waals surface area contributed by atoms with Crippen molar-refractivity contribution >= 4 is 0 Å². The first-order chi connectivity index (χ1) is 6.69. The fourth-order valence-electron chi connectivity index (χ4n) is 3.65. The monoisotopic (exact) mass is 190 g/mol. The van der Waals surface area contributed by atoms with Gasteiger partial charge < -0.3 is 4.98 Å². The summed E-state index contributed by atoms with van der Waals surface area (Å²) in [5.74, 6) is 2.63. The van der Waals surface area contributed by atoms with Crippen molar-refractivity contribution in [3.8, 4) is 0 Å². The number of aromatic amines is 1. The highest BCUT2D eigenvalue weighted by molar-refractivity contribution is 5.15. The number of rotatable bonds is 1. The first kappa shape index (κ1) is 8.51. The summed E-state index contributed by atoms with van der Waals surface area (Å²) in [7, 11) is 0. The molecule has 1 aromatic heterocycles. The molecule has 0 spiro atoms. The van der Waals surface area contributed by atoms with E-state index in [0.717, 1.165) is 17.8 Å². The third-order valence-corrected chi connectivity index (χ3v) is 4.78. The lowest BCUT2D eigenvalue weighted by Crippen LogP contribution is -2.51. The molecule has 4 rings (SSSR count). The minimum Gasteiger partial charge on any atom is -0.348 e. The molecule has 76 valence electrons. The van der Waals surface area contributed by atoms with Gasteiger partial charge in [0.25, 0.3) is 0 Å². The van der Waals surface area contributed by atoms with Crippen LogP contribution in [0.25, 0.3) is 0 Å². The van der Waals surface area contributed by atoms with Crippen molar-refractivity contribution in [3.05, 3.63) is 18.2 Å². The Bertz CT molecular complexity index is 324. The van der Waals surface area contributed by atoms with Crippen LogP contribution in [0.5, 0.6) is 0 Å². The SMILES string of the molecule is CC1(C)C2CCC(c3cnc[nH]3)C1C2. The molecule has 3 aliphatic rings. The summed E-state index contributed by atoms with van der Waals surface area (Å²) < 4.78 is 0. The van der Waals surface area contributed by atoms with Gasteiger partial charge in [0.15, 0.2) is 0 Å². The second-order valence-electron chi connectivity index (χ2n) is 5.55. The Balaban J connectivity index is 1.89. The molecule has 1 N–H and O–H groups in total. The fraction of sp³-hybridized carbons (Fsp3) is 0.750. The Morgan fingerprint density at radius 3 is 2.86 bits per heavy atom. The molecule has 0 amide bonds. The molecule has 14 heavy (non-hydrogen) atoms. The van der Waals surface area contributed by atoms with Gasteiger partial charge in [0.2, 0.25) is 0 Å². The average molecular weight is 190 g/mol. The van der Waals surface area contributed by atoms with E-state index in [2.05, 4.69) is 23.8 Å². The van der Waals surface area contributed by atoms with Crippen LogP contribution in [0.4, 0.5) is 0 Å². The second-order valence-corrected chi connectivity index (χ2v) is 5.55. The Morgan fingerprint density at radius 2 is 2.29 bits per heavy atom. The summed E-state index contributed by atoms with van der Waals surface area (Å²) >= 11 is 0. The van der Waals surface area contributed by atoms with Crippen LogP contribution >= 0.6 is 0 Å². The molecule has 0 saturated heterocycles. The number of hydrogen-bond acceptors (Lipinski definition) is 1. The lowest BCUT2D eigenvalue weighted by atomic mass is 9.45. The van der Waals surface area contributed by atoms with Crippen LogP contribution in [0.2, 0.25) is 0 Å². The third-order valence-electron chi connectivity index (χ3n) is 4.78. The number of fused-ring (bicyclic) bond motifs is 2. The van der Waals surface area contributed by atoms with Gasteiger partial charge in [0, 0.05) is 17.8 Å². The predicted octanol–water partition coefficient (Wildman–Crippen LogP) is 2.95. The first-order valence-electron chi connectivity index (χ1n) is 5.68. The maximum atomic E-state index is 4.14. The van der Waals surface area contributed by atoms with E-state index in [-0.39, 0.29) is 0 Å². The smallest absolute Gasteiger partial charge is 0.0921 e. The summed E-state index contributed by atoms with van der Waals surface area (Å²) in [5.41, 5.74) is 1.94. The maximum absolute atomic E-state index is 4.14. The number of imidazole rings is 1. The molecule has 1 aromatic rings. The average Bonchev–Trinajstić information content (AvgIpc) is 2.70. The molecule has 3 saturated carbocycles. The molecule has 0 aliphatic heterocycles. The lowest BCUT2D eigenvalue weighted by Gasteiger charge is -2.60. The predicted molar refractivity (Wildman–Crippen MR) is 55.9 cm³/mol. The highest BCUT2D eigenvalue weighted by Crippen LogP contribution is 2.63. The Morgan fingerprint density at radius 1 is 1.43 bits per heavy atom. The van der Waals surface area contributed by atoms with E-state index in [1.807, 2.05) is 12.5 Å². The topological polar surface area (TPSA) is 28.7 Å². The van der Waals surface area contributed by atoms with Gasteiger partial charge in [-0.1, -0.05) is 13.8 Å². The van der Waals surface area contributed by atoms with Crippen LogP contribution in [0, 0.1) is 17.3 Å². The minimum atomic E-state index is 0.577. The van der Waals surface area contributed by atoms with E-state index >= 15 is 0 Å². The standard InChI is InChI=1S/C12H18N2/c1-12(2)8-3-4-9(10(12)5-8)11-6-13-7-14-11/h6-10H,3-5H2,1-2H3,(H,13,14). The maximum Gasteiger partial charge on any atom is 0.0921 e. The third kappa shape index (κ3) is 0.943. The van der Waals surface area contributed by atoms with E-state index in [4.69, 9.17) is 0 Å². The number of nitrogens with one attached hydrogen (secondary N) is 1. The minimum absolute atomic E-state index is 0.577. The summed E-state index contributed by atoms with van der Waals surface area (Å²) in [6, 6.07) is 0. The second kappa shape index (κ2) is 2.62. The summed E-state index contributed by atoms with van der Waals surface area (Å²) in [5, 5.41) is 0. The molecule has 2 bridgehead atoms. The Kier molecular flexibility index (Phi) is 1.59. The lowest BCUT2D eigenvalue weighted by molar-refractivity contribution is -0.0813. The van der Waals surface area contributed by atoms with Crippen LogP contribution in [-0.2, 0) is 0 Å². The van der Waals surface area contributed by atoms with Crippen LogP contribution in [0.1, 0.15) is 44.7 Å². The van der Waals surface area contributed by atoms with Crippen molar-refractivity contribution in [3.63, 3.8) is 0 Å². The molecule has 3 unspecified atom stereocenters. The number of nitrogens with zero attached hydrogens (tertiary/aromatic N) is 1. The molecule has 2 nitrogen and oxygen atoms in total. The van der Waals surface area contributed by atoms with Crippen molar-refractivity contribution in [2.45, 2.75) is 39.0 Å². The van der Waals surface area contributed by atoms with E-state index in [0.29, 0.717) is 5.41 Å². The quantitative estimate of drug-likeness (QED) is 0.724. The summed E-state index contributed by atoms with van der Waals surface area (Å²) in [6.07, 6.45) is 8.04. The van der Waals surface area contributed by atoms with Gasteiger partial charge in [-0.25, -0.2) is 4.98 Å². The summed E-state index contributed by atoms with van der Waals surface area (Å²) in [6.45, 7) is 4.88. The molecule has 2 heteroatoms. The first-order valence-corrected chi connectivity index (χ1v) is 5.68. The van der Waals surface area contributed by atoms with Crippen LogP contribution in [0.3, 0.4) is 0 Å². The summed E-state index contributed by atoms with van der Waals surface area (Å²) in [4.78, 5) is 7.43. The van der Waals surface area contributed by atoms with E-state index in [1.165, 1.54) is 25.0 Å². The number of aromatic nitrogens is 2. The van der Waals surface area contributed by atoms with Crippen LogP contribution in [-0.4, -0.2) is 9.97 Å². The van der Waals surface area contributed by atoms with Gasteiger partial charge in [-0.3, -0.25) is 0 Å². The number of H-pyrrole nitrogens is 1. The zero-order valence-corrected chi connectivity index (χ0v) is 8.96. The van der Waals surface area contributed by atoms with Crippen molar-refractivity contribution < 1.29 is 0 Å². The molecule has 3 atom stereocenters. The van der Waals surface area contributed by atoms with Gasteiger partial charge in [-0.2, -0.15) is 0 Å². The number of hydrogen-bond donors (Lipinski definition) is 1. The van der Waals surface area contributed by atoms with Crippen molar-refractivity contribution in [2.75, 3.05) is 0 Å². The molecule has 0 aromatic carbocycles. The zero-order valence-electron chi connectivity index (χ0n) is 8.96. The van der Waals surface area contributed by atoms with Crippen LogP contribution < -0.4 is 0 Å². The largest absolute Gasteiger partial charge is 0.348 e. The highest BCUT2D eigenvalue weighted by Gasteiger charge is 2.54. The molecule has 1 heterocycles. The molecular formula is C12H18N2. The van der Waals surface area contributed by atoms with Crippen molar-refractivity contribution in [1.82, 2.24) is 9.97 Å². The van der Waals surface area contributed by atoms with Gasteiger partial charge in [0.05, 0.1) is 6.33 Å².